The highest BCUT2D eigenvalue weighted by Gasteiger charge is 2.28. The molecule has 0 saturated heterocycles. The zero-order valence-electron chi connectivity index (χ0n) is 19.8. The fourth-order valence-corrected chi connectivity index (χ4v) is 4.30. The molecule has 8 nitrogen and oxygen atoms in total. The number of pyridine rings is 1. The third kappa shape index (κ3) is 4.05. The maximum absolute atomic E-state index is 13.4. The van der Waals surface area contributed by atoms with E-state index in [4.69, 9.17) is 4.42 Å². The van der Waals surface area contributed by atoms with Crippen molar-refractivity contribution >= 4 is 24.5 Å². The Balaban J connectivity index is 1.69. The standard InChI is InChI=1S/C26H23BN4O4/c1-14-12-17-21(32)15(2)22(16-8-5-4-6-9-16)34-23(17)18(13-14)26(3,27)30-19-10-7-11-28-20(19)24-29-25(33)35-31-24/h4-13,30H,27H2,1-3H3,(H,29,31,33)/t26-/m1/s1. The van der Waals surface area contributed by atoms with Gasteiger partial charge in [-0.25, -0.2) is 4.79 Å². The number of benzene rings is 2. The van der Waals surface area contributed by atoms with Crippen LogP contribution in [0.15, 0.2) is 79.3 Å². The van der Waals surface area contributed by atoms with Crippen LogP contribution in [0.4, 0.5) is 5.69 Å². The molecule has 0 radical (unpaired) electrons. The van der Waals surface area contributed by atoms with Crippen molar-refractivity contribution in [3.8, 4) is 22.8 Å². The smallest absolute Gasteiger partial charge is 0.439 e. The predicted molar refractivity (Wildman–Crippen MR) is 137 cm³/mol. The van der Waals surface area contributed by atoms with Crippen molar-refractivity contribution in [1.29, 1.82) is 0 Å². The largest absolute Gasteiger partial charge is 0.455 e. The van der Waals surface area contributed by atoms with E-state index in [1.54, 1.807) is 19.2 Å². The van der Waals surface area contributed by atoms with Gasteiger partial charge in [0.1, 0.15) is 24.9 Å². The van der Waals surface area contributed by atoms with Gasteiger partial charge in [0.15, 0.2) is 5.43 Å². The second-order valence-electron chi connectivity index (χ2n) is 9.03. The fourth-order valence-electron chi connectivity index (χ4n) is 4.30. The number of anilines is 1. The summed E-state index contributed by atoms with van der Waals surface area (Å²) in [4.78, 5) is 31.8. The van der Waals surface area contributed by atoms with Gasteiger partial charge in [-0.05, 0) is 44.5 Å². The predicted octanol–water partition coefficient (Wildman–Crippen LogP) is 3.73. The summed E-state index contributed by atoms with van der Waals surface area (Å²) in [5.74, 6) is 0.105. The number of nitrogens with one attached hydrogen (secondary N) is 2. The molecule has 3 heterocycles. The summed E-state index contributed by atoms with van der Waals surface area (Å²) in [5, 5.41) is 7.80. The molecule has 0 bridgehead atoms. The van der Waals surface area contributed by atoms with Crippen LogP contribution in [-0.2, 0) is 5.44 Å². The normalized spacial score (nSPS) is 13.0. The topological polar surface area (TPSA) is 114 Å². The number of rotatable bonds is 5. The van der Waals surface area contributed by atoms with E-state index in [-0.39, 0.29) is 11.3 Å². The lowest BCUT2D eigenvalue weighted by atomic mass is 9.72. The van der Waals surface area contributed by atoms with Gasteiger partial charge in [-0.15, -0.1) is 0 Å². The number of hydrogen-bond acceptors (Lipinski definition) is 7. The average Bonchev–Trinajstić information content (AvgIpc) is 3.28. The van der Waals surface area contributed by atoms with E-state index in [0.717, 1.165) is 16.7 Å². The molecular formula is C26H23BN4O4. The van der Waals surface area contributed by atoms with Crippen LogP contribution in [0, 0.1) is 13.8 Å². The van der Waals surface area contributed by atoms with Gasteiger partial charge in [0.2, 0.25) is 5.82 Å². The third-order valence-electron chi connectivity index (χ3n) is 5.99. The first-order valence-electron chi connectivity index (χ1n) is 11.2. The molecule has 2 aromatic carbocycles. The number of H-pyrrole nitrogens is 1. The van der Waals surface area contributed by atoms with Crippen LogP contribution in [0.3, 0.4) is 0 Å². The number of aromatic nitrogens is 3. The first-order chi connectivity index (χ1) is 16.7. The average molecular weight is 466 g/mol. The van der Waals surface area contributed by atoms with Gasteiger partial charge in [0.05, 0.1) is 11.1 Å². The van der Waals surface area contributed by atoms with Gasteiger partial charge >= 0.3 is 5.76 Å². The number of aryl methyl sites for hydroxylation is 1. The maximum Gasteiger partial charge on any atom is 0.439 e. The van der Waals surface area contributed by atoms with Gasteiger partial charge in [-0.2, -0.15) is 0 Å². The Hall–Kier alpha value is -4.40. The quantitative estimate of drug-likeness (QED) is 0.380. The van der Waals surface area contributed by atoms with E-state index >= 15 is 0 Å². The zero-order valence-corrected chi connectivity index (χ0v) is 19.8. The summed E-state index contributed by atoms with van der Waals surface area (Å²) >= 11 is 0. The summed E-state index contributed by atoms with van der Waals surface area (Å²) in [6.07, 6.45) is 1.61. The van der Waals surface area contributed by atoms with Crippen molar-refractivity contribution in [1.82, 2.24) is 15.1 Å². The molecule has 5 rings (SSSR count). The van der Waals surface area contributed by atoms with Crippen molar-refractivity contribution in [2.75, 3.05) is 5.32 Å². The minimum Gasteiger partial charge on any atom is -0.455 e. The molecule has 0 fully saturated rings. The third-order valence-corrected chi connectivity index (χ3v) is 5.99. The molecule has 0 amide bonds. The molecule has 0 aliphatic heterocycles. The second-order valence-corrected chi connectivity index (χ2v) is 9.03. The lowest BCUT2D eigenvalue weighted by Gasteiger charge is -2.30. The van der Waals surface area contributed by atoms with Gasteiger partial charge in [0, 0.05) is 28.3 Å². The van der Waals surface area contributed by atoms with Crippen LogP contribution in [0.2, 0.25) is 0 Å². The van der Waals surface area contributed by atoms with E-state index in [2.05, 4.69) is 25.0 Å². The van der Waals surface area contributed by atoms with Gasteiger partial charge in [-0.3, -0.25) is 19.3 Å². The van der Waals surface area contributed by atoms with Crippen LogP contribution in [0.25, 0.3) is 33.8 Å². The lowest BCUT2D eigenvalue weighted by molar-refractivity contribution is 0.388. The first kappa shape index (κ1) is 22.4. The number of hydrogen-bond donors (Lipinski definition) is 2. The molecule has 0 aliphatic rings. The highest BCUT2D eigenvalue weighted by Crippen LogP contribution is 2.35. The fraction of sp³-hybridized carbons (Fsp3) is 0.154. The Kier molecular flexibility index (Phi) is 5.40. The molecular weight excluding hydrogens is 443 g/mol. The maximum atomic E-state index is 13.4. The van der Waals surface area contributed by atoms with Gasteiger partial charge in [0.25, 0.3) is 0 Å². The highest BCUT2D eigenvalue weighted by molar-refractivity contribution is 6.18. The summed E-state index contributed by atoms with van der Waals surface area (Å²) in [6, 6.07) is 17.1. The monoisotopic (exact) mass is 466 g/mol. The molecule has 5 aromatic rings. The van der Waals surface area contributed by atoms with E-state index in [9.17, 15) is 9.59 Å². The van der Waals surface area contributed by atoms with Crippen molar-refractivity contribution in [3.05, 3.63) is 98.3 Å². The molecule has 0 unspecified atom stereocenters. The number of nitrogens with zero attached hydrogens (tertiary/aromatic N) is 2. The van der Waals surface area contributed by atoms with E-state index in [1.807, 2.05) is 70.2 Å². The summed E-state index contributed by atoms with van der Waals surface area (Å²) in [6.45, 7) is 5.74. The van der Waals surface area contributed by atoms with E-state index < -0.39 is 11.2 Å². The van der Waals surface area contributed by atoms with E-state index in [0.29, 0.717) is 33.7 Å². The van der Waals surface area contributed by atoms with Crippen LogP contribution in [0.1, 0.15) is 23.6 Å². The van der Waals surface area contributed by atoms with Gasteiger partial charge in [-0.1, -0.05) is 41.6 Å². The molecule has 1 atom stereocenters. The summed E-state index contributed by atoms with van der Waals surface area (Å²) in [5.41, 5.74) is 3.97. The van der Waals surface area contributed by atoms with Crippen molar-refractivity contribution in [3.63, 3.8) is 0 Å². The van der Waals surface area contributed by atoms with Crippen molar-refractivity contribution in [2.45, 2.75) is 26.2 Å². The minimum atomic E-state index is -0.703. The molecule has 0 spiro atoms. The van der Waals surface area contributed by atoms with Crippen LogP contribution in [0.5, 0.6) is 0 Å². The Morgan fingerprint density at radius 2 is 1.83 bits per heavy atom. The second kappa shape index (κ2) is 8.43. The molecule has 0 saturated carbocycles. The summed E-state index contributed by atoms with van der Waals surface area (Å²) in [7, 11) is 1.99. The lowest BCUT2D eigenvalue weighted by Crippen LogP contribution is -2.33. The molecule has 3 aromatic heterocycles. The SMILES string of the molecule is B[C@](C)(Nc1cccnc1-c1noc(=O)[nH]1)c1cc(C)cc2c(=O)c(C)c(-c3ccccc3)oc12. The summed E-state index contributed by atoms with van der Waals surface area (Å²) < 4.78 is 11.1. The Bertz CT molecular complexity index is 1670. The Morgan fingerprint density at radius 1 is 1.06 bits per heavy atom. The Morgan fingerprint density at radius 3 is 2.54 bits per heavy atom. The zero-order chi connectivity index (χ0) is 24.7. The Labute approximate surface area is 201 Å². The first-order valence-corrected chi connectivity index (χ1v) is 11.2. The molecule has 0 aliphatic carbocycles. The van der Waals surface area contributed by atoms with Crippen LogP contribution in [-0.4, -0.2) is 23.0 Å². The highest BCUT2D eigenvalue weighted by atomic mass is 16.5. The molecule has 35 heavy (non-hydrogen) atoms. The molecule has 9 heteroatoms. The van der Waals surface area contributed by atoms with Crippen molar-refractivity contribution < 1.29 is 8.94 Å². The van der Waals surface area contributed by atoms with Crippen molar-refractivity contribution in [2.24, 2.45) is 0 Å². The molecule has 174 valence electrons. The number of aromatic amines is 1. The number of fused-ring (bicyclic) bond motifs is 1. The minimum absolute atomic E-state index is 0.0620. The van der Waals surface area contributed by atoms with Crippen LogP contribution < -0.4 is 16.5 Å². The van der Waals surface area contributed by atoms with E-state index in [1.165, 1.54) is 0 Å². The molecule has 2 N–H and O–H groups in total. The van der Waals surface area contributed by atoms with Crippen LogP contribution >= 0.6 is 0 Å². The van der Waals surface area contributed by atoms with Gasteiger partial charge < -0.3 is 9.73 Å².